The Morgan fingerprint density at radius 1 is 1.24 bits per heavy atom. The van der Waals surface area contributed by atoms with Gasteiger partial charge in [0.25, 0.3) is 0 Å². The van der Waals surface area contributed by atoms with Crippen LogP contribution in [0.4, 0.5) is 4.79 Å². The van der Waals surface area contributed by atoms with E-state index in [9.17, 15) is 9.59 Å². The van der Waals surface area contributed by atoms with Gasteiger partial charge in [-0.25, -0.2) is 9.59 Å². The van der Waals surface area contributed by atoms with Gasteiger partial charge in [-0.1, -0.05) is 32.9 Å². The van der Waals surface area contributed by atoms with E-state index in [0.29, 0.717) is 6.54 Å². The van der Waals surface area contributed by atoms with Gasteiger partial charge in [-0.2, -0.15) is 0 Å². The van der Waals surface area contributed by atoms with E-state index in [0.717, 1.165) is 11.3 Å². The molecule has 0 aromatic heterocycles. The fraction of sp³-hybridized carbons (Fsp3) is 0.467. The second-order valence-electron chi connectivity index (χ2n) is 5.81. The van der Waals surface area contributed by atoms with Gasteiger partial charge in [-0.15, -0.1) is 0 Å². The minimum atomic E-state index is -1.05. The molecule has 21 heavy (non-hydrogen) atoms. The van der Waals surface area contributed by atoms with E-state index in [4.69, 9.17) is 9.84 Å². The lowest BCUT2D eigenvalue weighted by Gasteiger charge is -2.27. The number of carbonyl (C=O) groups excluding carboxylic acids is 1. The number of hydrogen-bond donors (Lipinski definition) is 3. The molecule has 3 N–H and O–H groups in total. The third-order valence-electron chi connectivity index (χ3n) is 3.00. The van der Waals surface area contributed by atoms with Crippen molar-refractivity contribution in [1.29, 1.82) is 0 Å². The number of carbonyl (C=O) groups is 2. The minimum Gasteiger partial charge on any atom is -0.497 e. The summed E-state index contributed by atoms with van der Waals surface area (Å²) in [5.74, 6) is -0.316. The highest BCUT2D eigenvalue weighted by Crippen LogP contribution is 2.19. The van der Waals surface area contributed by atoms with Gasteiger partial charge < -0.3 is 20.5 Å². The molecule has 0 aliphatic rings. The molecule has 6 heteroatoms. The number of carboxylic acids is 1. The van der Waals surface area contributed by atoms with Crippen LogP contribution < -0.4 is 15.4 Å². The Kier molecular flexibility index (Phi) is 5.58. The quantitative estimate of drug-likeness (QED) is 0.775. The Hall–Kier alpha value is -2.24. The van der Waals surface area contributed by atoms with Crippen LogP contribution in [-0.4, -0.2) is 30.3 Å². The molecular weight excluding hydrogens is 272 g/mol. The van der Waals surface area contributed by atoms with E-state index in [-0.39, 0.29) is 0 Å². The molecule has 0 bridgehead atoms. The number of amides is 2. The maximum absolute atomic E-state index is 11.8. The predicted molar refractivity (Wildman–Crippen MR) is 79.2 cm³/mol. The maximum atomic E-state index is 11.8. The number of benzene rings is 1. The van der Waals surface area contributed by atoms with Crippen molar-refractivity contribution >= 4 is 12.0 Å². The smallest absolute Gasteiger partial charge is 0.326 e. The molecule has 0 saturated heterocycles. The van der Waals surface area contributed by atoms with Crippen LogP contribution in [0.2, 0.25) is 0 Å². The van der Waals surface area contributed by atoms with Crippen LogP contribution in [0.25, 0.3) is 0 Å². The minimum absolute atomic E-state index is 0.312. The second kappa shape index (κ2) is 6.97. The first kappa shape index (κ1) is 16.8. The summed E-state index contributed by atoms with van der Waals surface area (Å²) in [4.78, 5) is 23.0. The van der Waals surface area contributed by atoms with Crippen molar-refractivity contribution in [3.63, 3.8) is 0 Å². The number of ether oxygens (including phenoxy) is 1. The average Bonchev–Trinajstić information content (AvgIpc) is 2.41. The van der Waals surface area contributed by atoms with Crippen LogP contribution in [0.1, 0.15) is 26.3 Å². The standard InChI is InChI=1S/C15H22N2O4/c1-15(2,3)12(13(18)19)17-14(20)16-9-10-5-7-11(21-4)8-6-10/h5-8,12H,9H2,1-4H3,(H,18,19)(H2,16,17,20)/t12-/m0/s1. The number of carboxylic acid groups (broad SMARTS) is 1. The summed E-state index contributed by atoms with van der Waals surface area (Å²) in [5.41, 5.74) is 0.331. The highest BCUT2D eigenvalue weighted by Gasteiger charge is 2.32. The lowest BCUT2D eigenvalue weighted by atomic mass is 9.87. The zero-order valence-electron chi connectivity index (χ0n) is 12.8. The molecule has 0 heterocycles. The molecule has 0 fully saturated rings. The lowest BCUT2D eigenvalue weighted by molar-refractivity contribution is -0.141. The molecule has 1 aromatic carbocycles. The molecule has 2 amide bonds. The van der Waals surface area contributed by atoms with Crippen molar-refractivity contribution in [3.8, 4) is 5.75 Å². The van der Waals surface area contributed by atoms with Gasteiger partial charge in [0.15, 0.2) is 0 Å². The molecule has 1 aromatic rings. The molecule has 0 aliphatic heterocycles. The first-order valence-corrected chi connectivity index (χ1v) is 6.64. The van der Waals surface area contributed by atoms with Crippen molar-refractivity contribution in [2.45, 2.75) is 33.4 Å². The first-order chi connectivity index (χ1) is 9.74. The predicted octanol–water partition coefficient (Wildman–Crippen LogP) is 1.99. The number of urea groups is 1. The van der Waals surface area contributed by atoms with Crippen molar-refractivity contribution in [2.24, 2.45) is 5.41 Å². The maximum Gasteiger partial charge on any atom is 0.326 e. The normalized spacial score (nSPS) is 12.4. The van der Waals surface area contributed by atoms with Gasteiger partial charge in [0.1, 0.15) is 11.8 Å². The largest absolute Gasteiger partial charge is 0.497 e. The number of aliphatic carboxylic acids is 1. The summed E-state index contributed by atoms with van der Waals surface area (Å²) in [6.45, 7) is 5.59. The van der Waals surface area contributed by atoms with Crippen LogP contribution in [0.3, 0.4) is 0 Å². The Balaban J connectivity index is 2.54. The van der Waals surface area contributed by atoms with E-state index in [1.807, 2.05) is 12.1 Å². The van der Waals surface area contributed by atoms with Crippen molar-refractivity contribution < 1.29 is 19.4 Å². The topological polar surface area (TPSA) is 87.7 Å². The summed E-state index contributed by atoms with van der Waals surface area (Å²) in [6, 6.07) is 5.80. The van der Waals surface area contributed by atoms with Gasteiger partial charge in [0.2, 0.25) is 0 Å². The Morgan fingerprint density at radius 2 is 1.81 bits per heavy atom. The van der Waals surface area contributed by atoms with Crippen molar-refractivity contribution in [1.82, 2.24) is 10.6 Å². The fourth-order valence-electron chi connectivity index (χ4n) is 1.76. The Bertz CT molecular complexity index is 491. The molecule has 0 spiro atoms. The van der Waals surface area contributed by atoms with E-state index < -0.39 is 23.5 Å². The van der Waals surface area contributed by atoms with Gasteiger partial charge in [-0.3, -0.25) is 0 Å². The van der Waals surface area contributed by atoms with Crippen LogP contribution in [0.15, 0.2) is 24.3 Å². The highest BCUT2D eigenvalue weighted by atomic mass is 16.5. The zero-order valence-corrected chi connectivity index (χ0v) is 12.8. The SMILES string of the molecule is COc1ccc(CNC(=O)N[C@@H](C(=O)O)C(C)(C)C)cc1. The highest BCUT2D eigenvalue weighted by molar-refractivity contribution is 5.83. The van der Waals surface area contributed by atoms with Crippen molar-refractivity contribution in [2.75, 3.05) is 7.11 Å². The third-order valence-corrected chi connectivity index (χ3v) is 3.00. The lowest BCUT2D eigenvalue weighted by Crippen LogP contribution is -2.52. The van der Waals surface area contributed by atoms with E-state index in [1.54, 1.807) is 40.0 Å². The number of hydrogen-bond acceptors (Lipinski definition) is 3. The Labute approximate surface area is 124 Å². The number of rotatable bonds is 5. The summed E-state index contributed by atoms with van der Waals surface area (Å²) in [7, 11) is 1.58. The average molecular weight is 294 g/mol. The molecule has 1 rings (SSSR count). The van der Waals surface area contributed by atoms with Gasteiger partial charge in [0, 0.05) is 6.54 Å². The molecule has 0 unspecified atom stereocenters. The number of methoxy groups -OCH3 is 1. The van der Waals surface area contributed by atoms with E-state index in [2.05, 4.69) is 10.6 Å². The summed E-state index contributed by atoms with van der Waals surface area (Å²) >= 11 is 0. The van der Waals surface area contributed by atoms with Gasteiger partial charge in [0.05, 0.1) is 7.11 Å². The van der Waals surface area contributed by atoms with E-state index in [1.165, 1.54) is 0 Å². The van der Waals surface area contributed by atoms with E-state index >= 15 is 0 Å². The monoisotopic (exact) mass is 294 g/mol. The fourth-order valence-corrected chi connectivity index (χ4v) is 1.76. The molecule has 0 radical (unpaired) electrons. The van der Waals surface area contributed by atoms with Crippen LogP contribution in [-0.2, 0) is 11.3 Å². The molecule has 0 saturated carbocycles. The zero-order chi connectivity index (χ0) is 16.0. The summed E-state index contributed by atoms with van der Waals surface area (Å²) in [5, 5.41) is 14.3. The third kappa shape index (κ3) is 5.33. The summed E-state index contributed by atoms with van der Waals surface area (Å²) < 4.78 is 5.05. The first-order valence-electron chi connectivity index (χ1n) is 6.64. The van der Waals surface area contributed by atoms with Crippen molar-refractivity contribution in [3.05, 3.63) is 29.8 Å². The van der Waals surface area contributed by atoms with Crippen LogP contribution >= 0.6 is 0 Å². The Morgan fingerprint density at radius 3 is 2.24 bits per heavy atom. The van der Waals surface area contributed by atoms with Crippen LogP contribution in [0.5, 0.6) is 5.75 Å². The molecule has 116 valence electrons. The van der Waals surface area contributed by atoms with Gasteiger partial charge in [-0.05, 0) is 23.1 Å². The van der Waals surface area contributed by atoms with Crippen LogP contribution in [0, 0.1) is 5.41 Å². The summed E-state index contributed by atoms with van der Waals surface area (Å²) in [6.07, 6.45) is 0. The second-order valence-corrected chi connectivity index (χ2v) is 5.81. The molecule has 0 aliphatic carbocycles. The molecule has 1 atom stereocenters. The molecular formula is C15H22N2O4. The number of nitrogens with one attached hydrogen (secondary N) is 2. The van der Waals surface area contributed by atoms with Gasteiger partial charge >= 0.3 is 12.0 Å². The molecule has 6 nitrogen and oxygen atoms in total.